The number of carbonyl (C=O) groups is 3. The van der Waals surface area contributed by atoms with Gasteiger partial charge in [0.2, 0.25) is 0 Å². The molecule has 0 saturated carbocycles. The third-order valence-corrected chi connectivity index (χ3v) is 7.78. The van der Waals surface area contributed by atoms with E-state index in [0.29, 0.717) is 6.54 Å². The Morgan fingerprint density at radius 2 is 0.897 bits per heavy atom. The molecule has 39 heavy (non-hydrogen) atoms. The smallest absolute Gasteiger partial charge is 0.309 e. The molecule has 0 radical (unpaired) electrons. The number of allylic oxidation sites excluding steroid dienone is 2. The number of unbranched alkanes of at least 4 members (excludes halogenated alkanes) is 17. The average Bonchev–Trinajstić information content (AvgIpc) is 2.90. The summed E-state index contributed by atoms with van der Waals surface area (Å²) in [6.45, 7) is 3.59. The molecule has 0 unspecified atom stereocenters. The summed E-state index contributed by atoms with van der Waals surface area (Å²) in [6.07, 6.45) is 28.2. The molecule has 0 spiro atoms. The van der Waals surface area contributed by atoms with Crippen molar-refractivity contribution in [1.29, 1.82) is 0 Å². The van der Waals surface area contributed by atoms with Crippen LogP contribution in [0.3, 0.4) is 0 Å². The van der Waals surface area contributed by atoms with Crippen molar-refractivity contribution in [2.45, 2.75) is 148 Å². The first-order chi connectivity index (χ1) is 18.8. The number of carbonyl (C=O) groups excluding carboxylic acids is 1. The molecule has 2 N–H and O–H groups in total. The summed E-state index contributed by atoms with van der Waals surface area (Å²) in [5.41, 5.74) is 0. The summed E-state index contributed by atoms with van der Waals surface area (Å²) in [4.78, 5) is 33.3. The van der Waals surface area contributed by atoms with Crippen molar-refractivity contribution in [2.75, 3.05) is 26.2 Å². The van der Waals surface area contributed by atoms with Gasteiger partial charge in [-0.15, -0.1) is 0 Å². The summed E-state index contributed by atoms with van der Waals surface area (Å²) in [5, 5.41) is 29.3. The molecule has 0 aliphatic heterocycles. The number of aliphatic carboxylic acids is 3. The minimum absolute atomic E-state index is 0.0978. The lowest BCUT2D eigenvalue weighted by molar-refractivity contribution is -0.927. The van der Waals surface area contributed by atoms with Gasteiger partial charge in [-0.25, -0.2) is 0 Å². The molecule has 0 aromatic heterocycles. The van der Waals surface area contributed by atoms with Crippen LogP contribution in [0.4, 0.5) is 0 Å². The lowest BCUT2D eigenvalue weighted by Gasteiger charge is -2.38. The lowest BCUT2D eigenvalue weighted by atomic mass is 10.0. The van der Waals surface area contributed by atoms with Crippen molar-refractivity contribution in [3.05, 3.63) is 12.2 Å². The molecule has 0 fully saturated rings. The molecule has 7 heteroatoms. The molecule has 0 heterocycles. The zero-order chi connectivity index (χ0) is 29.0. The van der Waals surface area contributed by atoms with Gasteiger partial charge in [-0.1, -0.05) is 103 Å². The molecule has 0 aliphatic carbocycles. The van der Waals surface area contributed by atoms with Crippen LogP contribution < -0.4 is 5.11 Å². The van der Waals surface area contributed by atoms with Gasteiger partial charge in [0.1, 0.15) is 0 Å². The maximum Gasteiger partial charge on any atom is 0.309 e. The quantitative estimate of drug-likeness (QED) is 0.0569. The monoisotopic (exact) mass is 553 g/mol. The highest BCUT2D eigenvalue weighted by molar-refractivity contribution is 5.67. The predicted molar refractivity (Wildman–Crippen MR) is 156 cm³/mol. The Bertz CT molecular complexity index is 603. The maximum atomic E-state index is 11.1. The second-order valence-corrected chi connectivity index (χ2v) is 11.4. The van der Waals surface area contributed by atoms with E-state index in [0.717, 1.165) is 32.1 Å². The van der Waals surface area contributed by atoms with Crippen LogP contribution in [-0.2, 0) is 14.4 Å². The van der Waals surface area contributed by atoms with Gasteiger partial charge in [0, 0.05) is 12.4 Å². The fourth-order valence-corrected chi connectivity index (χ4v) is 5.24. The largest absolute Gasteiger partial charge is 0.550 e. The fraction of sp³-hybridized carbons (Fsp3) is 0.844. The molecular formula is C32H59NO6. The Morgan fingerprint density at radius 3 is 1.28 bits per heavy atom. The number of hydrogen-bond acceptors (Lipinski definition) is 4. The fourth-order valence-electron chi connectivity index (χ4n) is 5.24. The highest BCUT2D eigenvalue weighted by Crippen LogP contribution is 2.17. The summed E-state index contributed by atoms with van der Waals surface area (Å²) in [6, 6.07) is 0. The maximum absolute atomic E-state index is 11.1. The van der Waals surface area contributed by atoms with E-state index in [1.165, 1.54) is 89.9 Å². The van der Waals surface area contributed by atoms with Gasteiger partial charge < -0.3 is 24.6 Å². The molecule has 0 saturated heterocycles. The van der Waals surface area contributed by atoms with Gasteiger partial charge in [-0.2, -0.15) is 0 Å². The van der Waals surface area contributed by atoms with Crippen molar-refractivity contribution in [3.8, 4) is 0 Å². The van der Waals surface area contributed by atoms with Crippen molar-refractivity contribution in [1.82, 2.24) is 0 Å². The molecular weight excluding hydrogens is 494 g/mol. The second kappa shape index (κ2) is 26.3. The van der Waals surface area contributed by atoms with E-state index in [4.69, 9.17) is 10.2 Å². The third kappa shape index (κ3) is 26.1. The van der Waals surface area contributed by atoms with Crippen LogP contribution in [0.1, 0.15) is 148 Å². The van der Waals surface area contributed by atoms with E-state index in [2.05, 4.69) is 19.1 Å². The van der Waals surface area contributed by atoms with E-state index in [1.54, 1.807) is 0 Å². The van der Waals surface area contributed by atoms with Crippen LogP contribution in [-0.4, -0.2) is 58.8 Å². The number of hydrogen-bond donors (Lipinski definition) is 2. The van der Waals surface area contributed by atoms with E-state index in [9.17, 15) is 19.5 Å². The Labute approximate surface area is 238 Å². The first kappa shape index (κ1) is 37.1. The zero-order valence-electron chi connectivity index (χ0n) is 25.0. The van der Waals surface area contributed by atoms with E-state index in [1.807, 2.05) is 0 Å². The van der Waals surface area contributed by atoms with Crippen molar-refractivity contribution in [2.24, 2.45) is 0 Å². The van der Waals surface area contributed by atoms with E-state index < -0.39 is 17.9 Å². The molecule has 0 aromatic carbocycles. The molecule has 0 bridgehead atoms. The predicted octanol–water partition coefficient (Wildman–Crippen LogP) is 6.88. The Hall–Kier alpha value is -1.89. The van der Waals surface area contributed by atoms with Gasteiger partial charge in [0.25, 0.3) is 0 Å². The van der Waals surface area contributed by atoms with Crippen LogP contribution in [0.2, 0.25) is 0 Å². The van der Waals surface area contributed by atoms with Gasteiger partial charge in [-0.05, 0) is 38.5 Å². The molecule has 0 rings (SSSR count). The molecule has 0 aliphatic rings. The molecule has 0 aromatic rings. The lowest BCUT2D eigenvalue weighted by Crippen LogP contribution is -2.53. The number of rotatable bonds is 30. The Morgan fingerprint density at radius 1 is 0.538 bits per heavy atom. The summed E-state index contributed by atoms with van der Waals surface area (Å²) < 4.78 is 0.219. The van der Waals surface area contributed by atoms with Crippen LogP contribution in [0.15, 0.2) is 12.2 Å². The van der Waals surface area contributed by atoms with E-state index in [-0.39, 0.29) is 43.4 Å². The van der Waals surface area contributed by atoms with E-state index >= 15 is 0 Å². The molecule has 0 amide bonds. The van der Waals surface area contributed by atoms with Gasteiger partial charge >= 0.3 is 11.9 Å². The standard InChI is InChI=1S/C32H59NO6/c1-2-3-4-5-6-7-8-9-10-11-12-13-14-15-16-17-18-19-20-21-22-26-33(27-23-30(34)35,28-24-31(36)37)29-25-32(38)39/h14-15H,2-13,16-29H2,1H3,(H2-,34,35,36,37,38,39)/b15-14+. The summed E-state index contributed by atoms with van der Waals surface area (Å²) in [7, 11) is 0. The molecule has 228 valence electrons. The highest BCUT2D eigenvalue weighted by Gasteiger charge is 2.28. The first-order valence-electron chi connectivity index (χ1n) is 15.9. The number of quaternary nitrogens is 1. The van der Waals surface area contributed by atoms with Crippen LogP contribution in [0.25, 0.3) is 0 Å². The molecule has 7 nitrogen and oxygen atoms in total. The SMILES string of the molecule is CCCCCCCCCCCCC/C=C/CCCCCCCC[N+](CCC(=O)[O-])(CCC(=O)O)CCC(=O)O. The van der Waals surface area contributed by atoms with Crippen LogP contribution in [0.5, 0.6) is 0 Å². The topological polar surface area (TPSA) is 115 Å². The van der Waals surface area contributed by atoms with Gasteiger partial charge in [0.15, 0.2) is 0 Å². The number of nitrogens with zero attached hydrogens (tertiary/aromatic N) is 1. The Kier molecular flexibility index (Phi) is 25.1. The minimum atomic E-state index is -1.18. The minimum Gasteiger partial charge on any atom is -0.550 e. The average molecular weight is 554 g/mol. The van der Waals surface area contributed by atoms with Crippen LogP contribution in [0, 0.1) is 0 Å². The number of carboxylic acids is 3. The van der Waals surface area contributed by atoms with Crippen LogP contribution >= 0.6 is 0 Å². The summed E-state index contributed by atoms with van der Waals surface area (Å²) >= 11 is 0. The Balaban J connectivity index is 3.90. The zero-order valence-corrected chi connectivity index (χ0v) is 25.0. The van der Waals surface area contributed by atoms with Crippen molar-refractivity contribution in [3.63, 3.8) is 0 Å². The molecule has 0 atom stereocenters. The number of carboxylic acid groups (broad SMARTS) is 3. The second-order valence-electron chi connectivity index (χ2n) is 11.4. The third-order valence-electron chi connectivity index (χ3n) is 7.78. The summed E-state index contributed by atoms with van der Waals surface area (Å²) in [5.74, 6) is -3.08. The van der Waals surface area contributed by atoms with Gasteiger partial charge in [0.05, 0.1) is 39.0 Å². The normalized spacial score (nSPS) is 11.8. The van der Waals surface area contributed by atoms with Crippen molar-refractivity contribution < 1.29 is 34.2 Å². The first-order valence-corrected chi connectivity index (χ1v) is 15.9. The van der Waals surface area contributed by atoms with Gasteiger partial charge in [-0.3, -0.25) is 9.59 Å². The van der Waals surface area contributed by atoms with Crippen molar-refractivity contribution >= 4 is 17.9 Å². The highest BCUT2D eigenvalue weighted by atomic mass is 16.4.